The van der Waals surface area contributed by atoms with Gasteiger partial charge >= 0.3 is 0 Å². The zero-order valence-electron chi connectivity index (χ0n) is 22.8. The molecule has 1 saturated carbocycles. The number of unbranched alkanes of at least 4 members (excludes halogenated alkanes) is 1. The predicted molar refractivity (Wildman–Crippen MR) is 152 cm³/mol. The third-order valence-electron chi connectivity index (χ3n) is 7.94. The molecule has 1 aliphatic heterocycles. The van der Waals surface area contributed by atoms with Gasteiger partial charge in [0, 0.05) is 37.9 Å². The number of nitrogens with zero attached hydrogens (tertiary/aromatic N) is 6. The van der Waals surface area contributed by atoms with Gasteiger partial charge in [-0.05, 0) is 50.9 Å². The first-order valence-electron chi connectivity index (χ1n) is 14.3. The van der Waals surface area contributed by atoms with Gasteiger partial charge < -0.3 is 10.2 Å². The molecular weight excluding hydrogens is 498 g/mol. The Labute approximate surface area is 226 Å². The molecule has 0 amide bonds. The Hall–Kier alpha value is -2.56. The number of hydrogen-bond donors (Lipinski definition) is 1. The Morgan fingerprint density at radius 3 is 2.50 bits per heavy atom. The molecule has 0 spiro atoms. The summed E-state index contributed by atoms with van der Waals surface area (Å²) in [5.41, 5.74) is 2.54. The number of benzene rings is 1. The zero-order valence-corrected chi connectivity index (χ0v) is 23.6. The van der Waals surface area contributed by atoms with Gasteiger partial charge in [0.25, 0.3) is 0 Å². The maximum atomic E-state index is 13.4. The molecule has 0 atom stereocenters. The van der Waals surface area contributed by atoms with Crippen molar-refractivity contribution in [1.82, 2.24) is 29.0 Å². The molecule has 38 heavy (non-hydrogen) atoms. The van der Waals surface area contributed by atoms with Crippen LogP contribution in [0.15, 0.2) is 35.4 Å². The summed E-state index contributed by atoms with van der Waals surface area (Å²) in [6, 6.07) is 7.52. The first-order valence-corrected chi connectivity index (χ1v) is 15.8. The molecule has 10 heteroatoms. The third-order valence-corrected chi connectivity index (χ3v) is 9.86. The van der Waals surface area contributed by atoms with E-state index in [1.54, 1.807) is 16.4 Å². The van der Waals surface area contributed by atoms with Crippen LogP contribution in [-0.2, 0) is 10.0 Å². The van der Waals surface area contributed by atoms with Crippen molar-refractivity contribution >= 4 is 27.0 Å². The van der Waals surface area contributed by atoms with Crippen LogP contribution in [-0.4, -0.2) is 76.6 Å². The summed E-state index contributed by atoms with van der Waals surface area (Å²) in [5.74, 6) is 0.634. The summed E-state index contributed by atoms with van der Waals surface area (Å²) < 4.78 is 30.5. The molecular formula is C28H41N7O2S. The number of aromatic nitrogens is 4. The SMILES string of the molecule is CCCCNc1ncc2c(-c3ccc(S(=O)(=O)N4CCCN(CC)CC4)cc3)nn(C3CCCCC3)c2n1. The Morgan fingerprint density at radius 2 is 1.76 bits per heavy atom. The largest absolute Gasteiger partial charge is 0.354 e. The summed E-state index contributed by atoms with van der Waals surface area (Å²) in [5, 5.41) is 9.30. The van der Waals surface area contributed by atoms with Crippen LogP contribution in [0.4, 0.5) is 5.95 Å². The van der Waals surface area contributed by atoms with Crippen LogP contribution in [0.2, 0.25) is 0 Å². The van der Waals surface area contributed by atoms with Crippen molar-refractivity contribution in [3.05, 3.63) is 30.5 Å². The highest BCUT2D eigenvalue weighted by molar-refractivity contribution is 7.89. The minimum Gasteiger partial charge on any atom is -0.354 e. The fraction of sp³-hybridized carbons (Fsp3) is 0.607. The molecule has 5 rings (SSSR count). The van der Waals surface area contributed by atoms with Crippen molar-refractivity contribution in [2.45, 2.75) is 76.2 Å². The van der Waals surface area contributed by atoms with Crippen LogP contribution < -0.4 is 5.32 Å². The van der Waals surface area contributed by atoms with Crippen LogP contribution in [0, 0.1) is 0 Å². The highest BCUT2D eigenvalue weighted by Crippen LogP contribution is 2.35. The molecule has 0 bridgehead atoms. The normalized spacial score (nSPS) is 18.6. The van der Waals surface area contributed by atoms with Crippen LogP contribution in [0.3, 0.4) is 0 Å². The molecule has 1 aromatic carbocycles. The summed E-state index contributed by atoms with van der Waals surface area (Å²) in [6.45, 7) is 8.88. The minimum atomic E-state index is -3.54. The number of sulfonamides is 1. The Morgan fingerprint density at radius 1 is 0.974 bits per heavy atom. The fourth-order valence-electron chi connectivity index (χ4n) is 5.62. The molecule has 0 radical (unpaired) electrons. The molecule has 9 nitrogen and oxygen atoms in total. The Kier molecular flexibility index (Phi) is 8.60. The second kappa shape index (κ2) is 12.1. The van der Waals surface area contributed by atoms with E-state index in [0.717, 1.165) is 80.6 Å². The van der Waals surface area contributed by atoms with E-state index >= 15 is 0 Å². The van der Waals surface area contributed by atoms with Gasteiger partial charge in [0.15, 0.2) is 5.65 Å². The van der Waals surface area contributed by atoms with E-state index in [9.17, 15) is 8.42 Å². The van der Waals surface area contributed by atoms with E-state index in [4.69, 9.17) is 10.1 Å². The quantitative estimate of drug-likeness (QED) is 0.385. The first-order chi connectivity index (χ1) is 18.5. The Bertz CT molecular complexity index is 1320. The zero-order chi connectivity index (χ0) is 26.5. The van der Waals surface area contributed by atoms with Crippen molar-refractivity contribution in [2.24, 2.45) is 0 Å². The number of likely N-dealkylation sites (N-methyl/N-ethyl adjacent to an activating group) is 1. The van der Waals surface area contributed by atoms with E-state index < -0.39 is 10.0 Å². The number of nitrogens with one attached hydrogen (secondary N) is 1. The molecule has 2 aromatic heterocycles. The molecule has 3 aromatic rings. The Balaban J connectivity index is 1.45. The standard InChI is InChI=1S/C28H41N7O2S/c1-3-5-16-29-28-30-21-25-26(32-35(27(25)31-28)23-10-7-6-8-11-23)22-12-14-24(15-13-22)38(36,37)34-18-9-17-33(4-2)19-20-34/h12-15,21,23H,3-11,16-20H2,1-2H3,(H,29,30,31). The molecule has 1 saturated heterocycles. The smallest absolute Gasteiger partial charge is 0.243 e. The second-order valence-electron chi connectivity index (χ2n) is 10.5. The van der Waals surface area contributed by atoms with E-state index in [2.05, 4.69) is 33.7 Å². The van der Waals surface area contributed by atoms with Gasteiger partial charge in [-0.3, -0.25) is 0 Å². The highest BCUT2D eigenvalue weighted by atomic mass is 32.2. The van der Waals surface area contributed by atoms with Gasteiger partial charge in [0.05, 0.1) is 16.3 Å². The first kappa shape index (κ1) is 27.0. The predicted octanol–water partition coefficient (Wildman–Crippen LogP) is 4.93. The molecule has 3 heterocycles. The lowest BCUT2D eigenvalue weighted by Gasteiger charge is -2.22. The molecule has 0 unspecified atom stereocenters. The van der Waals surface area contributed by atoms with Gasteiger partial charge in [-0.1, -0.05) is 51.7 Å². The van der Waals surface area contributed by atoms with Crippen LogP contribution in [0.25, 0.3) is 22.3 Å². The van der Waals surface area contributed by atoms with Crippen LogP contribution >= 0.6 is 0 Å². The van der Waals surface area contributed by atoms with Gasteiger partial charge in [-0.2, -0.15) is 14.4 Å². The third kappa shape index (κ3) is 5.72. The number of rotatable bonds is 9. The highest BCUT2D eigenvalue weighted by Gasteiger charge is 2.27. The van der Waals surface area contributed by atoms with Crippen molar-refractivity contribution in [3.63, 3.8) is 0 Å². The molecule has 206 valence electrons. The van der Waals surface area contributed by atoms with Gasteiger partial charge in [0.1, 0.15) is 5.69 Å². The van der Waals surface area contributed by atoms with E-state index in [1.807, 2.05) is 18.3 Å². The molecule has 2 aliphatic rings. The number of fused-ring (bicyclic) bond motifs is 1. The second-order valence-corrected chi connectivity index (χ2v) is 12.5. The topological polar surface area (TPSA) is 96.3 Å². The lowest BCUT2D eigenvalue weighted by atomic mass is 9.96. The molecule has 2 fully saturated rings. The van der Waals surface area contributed by atoms with Crippen molar-refractivity contribution in [2.75, 3.05) is 44.6 Å². The van der Waals surface area contributed by atoms with Crippen molar-refractivity contribution < 1.29 is 8.42 Å². The number of anilines is 1. The van der Waals surface area contributed by atoms with E-state index in [0.29, 0.717) is 30.0 Å². The summed E-state index contributed by atoms with van der Waals surface area (Å²) in [7, 11) is -3.54. The maximum Gasteiger partial charge on any atom is 0.243 e. The lowest BCUT2D eigenvalue weighted by molar-refractivity contribution is 0.302. The molecule has 1 aliphatic carbocycles. The van der Waals surface area contributed by atoms with Gasteiger partial charge in [0.2, 0.25) is 16.0 Å². The maximum absolute atomic E-state index is 13.4. The van der Waals surface area contributed by atoms with E-state index in [1.165, 1.54) is 19.3 Å². The van der Waals surface area contributed by atoms with Gasteiger partial charge in [-0.25, -0.2) is 18.1 Å². The van der Waals surface area contributed by atoms with Crippen molar-refractivity contribution in [1.29, 1.82) is 0 Å². The van der Waals surface area contributed by atoms with Crippen LogP contribution in [0.5, 0.6) is 0 Å². The van der Waals surface area contributed by atoms with Crippen molar-refractivity contribution in [3.8, 4) is 11.3 Å². The monoisotopic (exact) mass is 539 g/mol. The minimum absolute atomic E-state index is 0.323. The summed E-state index contributed by atoms with van der Waals surface area (Å²) >= 11 is 0. The summed E-state index contributed by atoms with van der Waals surface area (Å²) in [4.78, 5) is 12.1. The van der Waals surface area contributed by atoms with E-state index in [-0.39, 0.29) is 0 Å². The van der Waals surface area contributed by atoms with Gasteiger partial charge in [-0.15, -0.1) is 0 Å². The average Bonchev–Trinajstić information content (AvgIpc) is 3.14. The lowest BCUT2D eigenvalue weighted by Crippen LogP contribution is -2.35. The van der Waals surface area contributed by atoms with Crippen LogP contribution in [0.1, 0.15) is 71.3 Å². The fourth-order valence-corrected chi connectivity index (χ4v) is 7.09. The summed E-state index contributed by atoms with van der Waals surface area (Å²) in [6.07, 6.45) is 10.8. The molecule has 1 N–H and O–H groups in total. The average molecular weight is 540 g/mol. The number of hydrogen-bond acceptors (Lipinski definition) is 7.